The van der Waals surface area contributed by atoms with E-state index >= 15 is 0 Å². The van der Waals surface area contributed by atoms with Gasteiger partial charge in [-0.15, -0.1) is 0 Å². The normalized spacial score (nSPS) is 12.1. The van der Waals surface area contributed by atoms with Gasteiger partial charge in [-0.2, -0.15) is 0 Å². The highest BCUT2D eigenvalue weighted by Crippen LogP contribution is 2.35. The molecule has 0 fully saturated rings. The molecule has 1 unspecified atom stereocenters. The monoisotopic (exact) mass is 714 g/mol. The van der Waals surface area contributed by atoms with Crippen molar-refractivity contribution >= 4 is 85.3 Å². The molecule has 0 radical (unpaired) electrons. The molecule has 0 heterocycles. The van der Waals surface area contributed by atoms with Crippen molar-refractivity contribution in [2.45, 2.75) is 26.7 Å². The molecule has 0 spiro atoms. The summed E-state index contributed by atoms with van der Waals surface area (Å²) in [5, 5.41) is 14.2. The van der Waals surface area contributed by atoms with Gasteiger partial charge in [0, 0.05) is 43.8 Å². The highest BCUT2D eigenvalue weighted by molar-refractivity contribution is 14.1. The number of nitrogens with zero attached hydrogens (tertiary/aromatic N) is 1. The Bertz CT molecular complexity index is 673. The average Bonchev–Trinajstić information content (AvgIpc) is 2.59. The van der Waals surface area contributed by atoms with Crippen molar-refractivity contribution in [3.05, 3.63) is 22.3 Å². The van der Waals surface area contributed by atoms with Crippen LogP contribution in [0.4, 0.5) is 5.69 Å². The smallest absolute Gasteiger partial charge is 0.306 e. The van der Waals surface area contributed by atoms with Crippen molar-refractivity contribution in [3.63, 3.8) is 0 Å². The van der Waals surface area contributed by atoms with E-state index in [4.69, 9.17) is 5.73 Å². The number of nitrogens with one attached hydrogen (secondary N) is 2. The molecule has 1 atom stereocenters. The van der Waals surface area contributed by atoms with E-state index < -0.39 is 11.9 Å². The summed E-state index contributed by atoms with van der Waals surface area (Å²) in [5.41, 5.74) is 10.4. The van der Waals surface area contributed by atoms with Gasteiger partial charge in [-0.25, -0.2) is 10.4 Å². The number of carboxylic acids is 1. The van der Waals surface area contributed by atoms with Crippen molar-refractivity contribution in [3.8, 4) is 0 Å². The van der Waals surface area contributed by atoms with Gasteiger partial charge in [0.05, 0.1) is 11.6 Å². The van der Waals surface area contributed by atoms with Crippen LogP contribution in [0, 0.1) is 16.6 Å². The fourth-order valence-corrected chi connectivity index (χ4v) is 6.79. The molecule has 0 aromatic heterocycles. The first-order chi connectivity index (χ1) is 12.7. The Morgan fingerprint density at radius 3 is 2.41 bits per heavy atom. The lowest BCUT2D eigenvalue weighted by molar-refractivity contribution is -0.141. The zero-order valence-electron chi connectivity index (χ0n) is 15.3. The molecule has 1 aromatic carbocycles. The van der Waals surface area contributed by atoms with E-state index in [1.165, 1.54) is 6.92 Å². The largest absolute Gasteiger partial charge is 0.481 e. The lowest BCUT2D eigenvalue weighted by atomic mass is 9.97. The molecule has 0 aliphatic heterocycles. The van der Waals surface area contributed by atoms with Crippen molar-refractivity contribution in [2.24, 2.45) is 11.7 Å². The molecule has 1 rings (SSSR count). The second-order valence-corrected chi connectivity index (χ2v) is 9.33. The van der Waals surface area contributed by atoms with Crippen LogP contribution < -0.4 is 21.5 Å². The van der Waals surface area contributed by atoms with E-state index in [1.54, 1.807) is 5.01 Å². The maximum Gasteiger partial charge on any atom is 0.306 e. The molecule has 27 heavy (non-hydrogen) atoms. The summed E-state index contributed by atoms with van der Waals surface area (Å²) >= 11 is 6.67. The quantitative estimate of drug-likeness (QED) is 0.160. The third-order valence-electron chi connectivity index (χ3n) is 3.96. The predicted octanol–water partition coefficient (Wildman–Crippen LogP) is 2.56. The number of amides is 1. The van der Waals surface area contributed by atoms with E-state index in [2.05, 4.69) is 78.5 Å². The third-order valence-corrected chi connectivity index (χ3v) is 6.91. The average molecular weight is 714 g/mol. The second-order valence-electron chi connectivity index (χ2n) is 5.93. The molecule has 0 bridgehead atoms. The number of hydrogen-bond donors (Lipinski definition) is 4. The Hall–Kier alpha value is 0.230. The van der Waals surface area contributed by atoms with Crippen LogP contribution in [0.3, 0.4) is 0 Å². The lowest BCUT2D eigenvalue weighted by Gasteiger charge is -2.27. The minimum Gasteiger partial charge on any atom is -0.481 e. The minimum absolute atomic E-state index is 0.123. The highest BCUT2D eigenvalue weighted by Gasteiger charge is 2.25. The van der Waals surface area contributed by atoms with Gasteiger partial charge in [0.15, 0.2) is 0 Å². The Kier molecular flexibility index (Phi) is 11.9. The first kappa shape index (κ1) is 25.3. The highest BCUT2D eigenvalue weighted by atomic mass is 127. The Morgan fingerprint density at radius 2 is 1.89 bits per heavy atom. The molecule has 0 saturated carbocycles. The van der Waals surface area contributed by atoms with Gasteiger partial charge in [0.25, 0.3) is 0 Å². The zero-order chi connectivity index (χ0) is 20.6. The summed E-state index contributed by atoms with van der Waals surface area (Å²) in [6, 6.07) is 1.99. The predicted molar refractivity (Wildman–Crippen MR) is 133 cm³/mol. The minimum atomic E-state index is -0.795. The standard InChI is InChI=1S/C17H25I3N4O3/c1-3-11(17(26)27)8-12-13(18)9-14(19)16(15(12)20)24(10(2)25)23-7-6-22-5-4-21/h9,11,22-23H,3-8,21H2,1-2H3,(H,26,27). The summed E-state index contributed by atoms with van der Waals surface area (Å²) < 4.78 is 2.85. The maximum absolute atomic E-state index is 12.3. The Morgan fingerprint density at radius 1 is 1.22 bits per heavy atom. The van der Waals surface area contributed by atoms with E-state index in [-0.39, 0.29) is 5.91 Å². The molecule has 7 nitrogen and oxygen atoms in total. The van der Waals surface area contributed by atoms with Gasteiger partial charge in [0.1, 0.15) is 0 Å². The second kappa shape index (κ2) is 12.7. The van der Waals surface area contributed by atoms with E-state index in [1.807, 2.05) is 13.0 Å². The van der Waals surface area contributed by atoms with Crippen molar-refractivity contribution in [2.75, 3.05) is 31.2 Å². The van der Waals surface area contributed by atoms with Crippen molar-refractivity contribution in [1.29, 1.82) is 0 Å². The van der Waals surface area contributed by atoms with Crippen LogP contribution >= 0.6 is 67.8 Å². The fraction of sp³-hybridized carbons (Fsp3) is 0.529. The number of hydrogen-bond acceptors (Lipinski definition) is 5. The van der Waals surface area contributed by atoms with E-state index in [0.717, 1.165) is 28.5 Å². The number of hydrazine groups is 1. The number of anilines is 1. The molecule has 0 aliphatic carbocycles. The van der Waals surface area contributed by atoms with Gasteiger partial charge in [-0.05, 0) is 92.2 Å². The SMILES string of the molecule is CCC(Cc1c(I)cc(I)c(N(NCCNCCN)C(C)=O)c1I)C(=O)O. The Labute approximate surface area is 201 Å². The molecule has 152 valence electrons. The number of carbonyl (C=O) groups excluding carboxylic acids is 1. The van der Waals surface area contributed by atoms with Crippen LogP contribution in [0.2, 0.25) is 0 Å². The number of carbonyl (C=O) groups is 2. The lowest BCUT2D eigenvalue weighted by Crippen LogP contribution is -2.46. The van der Waals surface area contributed by atoms with E-state index in [9.17, 15) is 14.7 Å². The van der Waals surface area contributed by atoms with E-state index in [0.29, 0.717) is 32.5 Å². The van der Waals surface area contributed by atoms with Crippen LogP contribution in [0.15, 0.2) is 6.07 Å². The number of benzene rings is 1. The van der Waals surface area contributed by atoms with Crippen LogP contribution in [0.5, 0.6) is 0 Å². The number of carboxylic acid groups (broad SMARTS) is 1. The van der Waals surface area contributed by atoms with Crippen molar-refractivity contribution < 1.29 is 14.7 Å². The molecule has 5 N–H and O–H groups in total. The summed E-state index contributed by atoms with van der Waals surface area (Å²) in [6.07, 6.45) is 1.00. The van der Waals surface area contributed by atoms with Crippen molar-refractivity contribution in [1.82, 2.24) is 10.7 Å². The number of nitrogens with two attached hydrogens (primary N) is 1. The molecule has 0 saturated heterocycles. The van der Waals surface area contributed by atoms with Gasteiger partial charge in [0.2, 0.25) is 5.91 Å². The summed E-state index contributed by atoms with van der Waals surface area (Å²) in [6.45, 7) is 5.93. The van der Waals surface area contributed by atoms with Gasteiger partial charge in [-0.1, -0.05) is 6.92 Å². The summed E-state index contributed by atoms with van der Waals surface area (Å²) in [5.74, 6) is -1.36. The van der Waals surface area contributed by atoms with Crippen LogP contribution in [-0.4, -0.2) is 43.2 Å². The zero-order valence-corrected chi connectivity index (χ0v) is 21.8. The third kappa shape index (κ3) is 7.53. The number of halogens is 3. The molecule has 10 heteroatoms. The molecule has 0 aliphatic rings. The Balaban J connectivity index is 3.17. The fourth-order valence-electron chi connectivity index (χ4n) is 2.50. The number of rotatable bonds is 11. The summed E-state index contributed by atoms with van der Waals surface area (Å²) in [7, 11) is 0. The molecule has 1 aromatic rings. The first-order valence-electron chi connectivity index (χ1n) is 8.58. The number of aliphatic carboxylic acids is 1. The van der Waals surface area contributed by atoms with Gasteiger partial charge in [-0.3, -0.25) is 9.59 Å². The van der Waals surface area contributed by atoms with Gasteiger partial charge < -0.3 is 16.2 Å². The maximum atomic E-state index is 12.3. The topological polar surface area (TPSA) is 108 Å². The summed E-state index contributed by atoms with van der Waals surface area (Å²) in [4.78, 5) is 23.8. The molecule has 1 amide bonds. The van der Waals surface area contributed by atoms with Crippen LogP contribution in [-0.2, 0) is 16.0 Å². The van der Waals surface area contributed by atoms with Crippen LogP contribution in [0.1, 0.15) is 25.8 Å². The first-order valence-corrected chi connectivity index (χ1v) is 11.8. The van der Waals surface area contributed by atoms with Crippen LogP contribution in [0.25, 0.3) is 0 Å². The molecular formula is C17H25I3N4O3. The molecular weight excluding hydrogens is 689 g/mol. The van der Waals surface area contributed by atoms with Gasteiger partial charge >= 0.3 is 5.97 Å².